The Balaban J connectivity index is 1.57. The minimum Gasteiger partial charge on any atom is -0.334 e. The van der Waals surface area contributed by atoms with E-state index in [9.17, 15) is 9.59 Å². The largest absolute Gasteiger partial charge is 0.334 e. The summed E-state index contributed by atoms with van der Waals surface area (Å²) in [7, 11) is 0. The molecule has 0 saturated heterocycles. The third-order valence-electron chi connectivity index (χ3n) is 6.12. The maximum absolute atomic E-state index is 13.1. The van der Waals surface area contributed by atoms with Crippen molar-refractivity contribution in [2.75, 3.05) is 5.32 Å². The van der Waals surface area contributed by atoms with Crippen molar-refractivity contribution in [2.24, 2.45) is 11.7 Å². The molecule has 0 heterocycles. The lowest BCUT2D eigenvalue weighted by atomic mass is 9.89. The van der Waals surface area contributed by atoms with Crippen LogP contribution in [-0.4, -0.2) is 28.8 Å². The quantitative estimate of drug-likeness (QED) is 0.642. The van der Waals surface area contributed by atoms with Crippen LogP contribution in [0.4, 0.5) is 5.69 Å². The van der Waals surface area contributed by atoms with E-state index in [0.29, 0.717) is 12.1 Å². The Labute approximate surface area is 186 Å². The summed E-state index contributed by atoms with van der Waals surface area (Å²) in [5.74, 6) is 0.176. The molecule has 6 heteroatoms. The number of hydrogen-bond donors (Lipinski definition) is 2. The van der Waals surface area contributed by atoms with E-state index in [2.05, 4.69) is 21.2 Å². The van der Waals surface area contributed by atoms with Crippen molar-refractivity contribution in [2.45, 2.75) is 57.2 Å². The molecule has 3 N–H and O–H groups in total. The van der Waals surface area contributed by atoms with Crippen LogP contribution in [0.2, 0.25) is 0 Å². The Morgan fingerprint density at radius 1 is 1.00 bits per heavy atom. The average Bonchev–Trinajstić information content (AvgIpc) is 3.59. The Hall–Kier alpha value is -2.18. The van der Waals surface area contributed by atoms with Crippen LogP contribution in [0.25, 0.3) is 0 Å². The monoisotopic (exact) mass is 469 g/mol. The summed E-state index contributed by atoms with van der Waals surface area (Å²) in [5.41, 5.74) is 8.68. The number of para-hydroxylation sites is 1. The maximum atomic E-state index is 13.1. The van der Waals surface area contributed by atoms with Crippen molar-refractivity contribution in [3.63, 3.8) is 0 Å². The number of hydrogen-bond acceptors (Lipinski definition) is 3. The fraction of sp³-hybridized carbons (Fsp3) is 0.417. The lowest BCUT2D eigenvalue weighted by molar-refractivity contribution is -0.136. The molecule has 2 saturated carbocycles. The highest BCUT2D eigenvalue weighted by Gasteiger charge is 2.39. The smallest absolute Gasteiger partial charge is 0.256 e. The minimum absolute atomic E-state index is 0.0171. The number of amides is 2. The Bertz CT molecular complexity index is 928. The molecule has 5 nitrogen and oxygen atoms in total. The van der Waals surface area contributed by atoms with E-state index in [4.69, 9.17) is 5.73 Å². The van der Waals surface area contributed by atoms with Crippen LogP contribution in [0.3, 0.4) is 0 Å². The zero-order chi connectivity index (χ0) is 21.1. The second kappa shape index (κ2) is 9.31. The number of nitrogens with two attached hydrogens (primary N) is 1. The molecule has 2 aliphatic carbocycles. The van der Waals surface area contributed by atoms with Crippen LogP contribution < -0.4 is 11.1 Å². The van der Waals surface area contributed by atoms with E-state index < -0.39 is 0 Å². The number of anilines is 1. The topological polar surface area (TPSA) is 75.4 Å². The SMILES string of the molecule is NC1CCCCC1N(Cc1ccccc1NC(=O)c1ccccc1Br)C(=O)C1CC1. The second-order valence-corrected chi connectivity index (χ2v) is 9.20. The fourth-order valence-electron chi connectivity index (χ4n) is 4.25. The molecule has 2 fully saturated rings. The van der Waals surface area contributed by atoms with Gasteiger partial charge in [-0.3, -0.25) is 9.59 Å². The summed E-state index contributed by atoms with van der Waals surface area (Å²) >= 11 is 3.44. The molecule has 2 amide bonds. The molecule has 158 valence electrons. The van der Waals surface area contributed by atoms with Gasteiger partial charge in [0.25, 0.3) is 5.91 Å². The number of rotatable bonds is 6. The molecule has 30 heavy (non-hydrogen) atoms. The van der Waals surface area contributed by atoms with Gasteiger partial charge in [0, 0.05) is 34.7 Å². The lowest BCUT2D eigenvalue weighted by Crippen LogP contribution is -2.52. The van der Waals surface area contributed by atoms with Gasteiger partial charge in [-0.15, -0.1) is 0 Å². The highest BCUT2D eigenvalue weighted by Crippen LogP contribution is 2.35. The first-order valence-corrected chi connectivity index (χ1v) is 11.5. The molecule has 0 aliphatic heterocycles. The Morgan fingerprint density at radius 2 is 1.70 bits per heavy atom. The molecule has 2 aliphatic rings. The third kappa shape index (κ3) is 4.76. The van der Waals surface area contributed by atoms with Crippen LogP contribution in [0.5, 0.6) is 0 Å². The minimum atomic E-state index is -0.177. The summed E-state index contributed by atoms with van der Waals surface area (Å²) in [5, 5.41) is 3.03. The highest BCUT2D eigenvalue weighted by atomic mass is 79.9. The number of nitrogens with one attached hydrogen (secondary N) is 1. The van der Waals surface area contributed by atoms with E-state index >= 15 is 0 Å². The second-order valence-electron chi connectivity index (χ2n) is 8.35. The normalized spacial score (nSPS) is 21.1. The zero-order valence-electron chi connectivity index (χ0n) is 17.0. The van der Waals surface area contributed by atoms with Crippen molar-refractivity contribution in [1.82, 2.24) is 4.90 Å². The van der Waals surface area contributed by atoms with Crippen LogP contribution in [0.1, 0.15) is 54.4 Å². The van der Waals surface area contributed by atoms with Crippen LogP contribution in [-0.2, 0) is 11.3 Å². The summed E-state index contributed by atoms with van der Waals surface area (Å²) in [6.07, 6.45) is 6.08. The number of benzene rings is 2. The summed E-state index contributed by atoms with van der Waals surface area (Å²) < 4.78 is 0.749. The van der Waals surface area contributed by atoms with Crippen molar-refractivity contribution in [3.8, 4) is 0 Å². The molecule has 4 rings (SSSR count). The van der Waals surface area contributed by atoms with Crippen LogP contribution in [0, 0.1) is 5.92 Å². The number of carbonyl (C=O) groups excluding carboxylic acids is 2. The van der Waals surface area contributed by atoms with Crippen LogP contribution in [0.15, 0.2) is 53.0 Å². The highest BCUT2D eigenvalue weighted by molar-refractivity contribution is 9.10. The zero-order valence-corrected chi connectivity index (χ0v) is 18.6. The number of nitrogens with zero attached hydrogens (tertiary/aromatic N) is 1. The van der Waals surface area contributed by atoms with Gasteiger partial charge in [-0.2, -0.15) is 0 Å². The molecule has 2 aromatic rings. The van der Waals surface area contributed by atoms with E-state index in [1.54, 1.807) is 6.07 Å². The molecule has 0 aromatic heterocycles. The molecule has 0 radical (unpaired) electrons. The molecule has 2 aromatic carbocycles. The maximum Gasteiger partial charge on any atom is 0.256 e. The molecular weight excluding hydrogens is 442 g/mol. The molecule has 0 bridgehead atoms. The summed E-state index contributed by atoms with van der Waals surface area (Å²) in [6.45, 7) is 0.472. The first-order chi connectivity index (χ1) is 14.5. The van der Waals surface area contributed by atoms with Gasteiger partial charge in [0.05, 0.1) is 5.56 Å². The predicted molar refractivity (Wildman–Crippen MR) is 122 cm³/mol. The van der Waals surface area contributed by atoms with Gasteiger partial charge in [-0.1, -0.05) is 43.2 Å². The lowest BCUT2D eigenvalue weighted by Gasteiger charge is -2.39. The van der Waals surface area contributed by atoms with Crippen LogP contribution >= 0.6 is 15.9 Å². The summed E-state index contributed by atoms with van der Waals surface area (Å²) in [6, 6.07) is 15.2. The van der Waals surface area contributed by atoms with E-state index in [-0.39, 0.29) is 29.8 Å². The van der Waals surface area contributed by atoms with Gasteiger partial charge in [0.2, 0.25) is 5.91 Å². The first kappa shape index (κ1) is 21.1. The number of carbonyl (C=O) groups is 2. The molecule has 0 spiro atoms. The molecular formula is C24H28BrN3O2. The Morgan fingerprint density at radius 3 is 2.43 bits per heavy atom. The molecule has 2 atom stereocenters. The van der Waals surface area contributed by atoms with Gasteiger partial charge in [-0.25, -0.2) is 0 Å². The standard InChI is InChI=1S/C24H28BrN3O2/c25-19-9-3-2-8-18(19)23(29)27-21-11-5-1-7-17(21)15-28(24(30)16-13-14-16)22-12-6-4-10-20(22)26/h1-3,5,7-9,11,16,20,22H,4,6,10,12-15,26H2,(H,27,29). The van der Waals surface area contributed by atoms with Gasteiger partial charge in [0.15, 0.2) is 0 Å². The molecule has 2 unspecified atom stereocenters. The van der Waals surface area contributed by atoms with Crippen molar-refractivity contribution < 1.29 is 9.59 Å². The van der Waals surface area contributed by atoms with Gasteiger partial charge in [-0.05, 0) is 65.4 Å². The Kier molecular flexibility index (Phi) is 6.54. The number of halogens is 1. The summed E-state index contributed by atoms with van der Waals surface area (Å²) in [4.78, 5) is 28.0. The third-order valence-corrected chi connectivity index (χ3v) is 6.81. The van der Waals surface area contributed by atoms with Gasteiger partial charge >= 0.3 is 0 Å². The van der Waals surface area contributed by atoms with Gasteiger partial charge in [0.1, 0.15) is 0 Å². The first-order valence-electron chi connectivity index (χ1n) is 10.7. The van der Waals surface area contributed by atoms with E-state index in [0.717, 1.165) is 54.2 Å². The van der Waals surface area contributed by atoms with Crippen molar-refractivity contribution in [1.29, 1.82) is 0 Å². The van der Waals surface area contributed by atoms with E-state index in [1.807, 2.05) is 47.4 Å². The van der Waals surface area contributed by atoms with E-state index in [1.165, 1.54) is 0 Å². The van der Waals surface area contributed by atoms with Crippen molar-refractivity contribution in [3.05, 3.63) is 64.1 Å². The van der Waals surface area contributed by atoms with Gasteiger partial charge < -0.3 is 16.0 Å². The predicted octanol–water partition coefficient (Wildman–Crippen LogP) is 4.71. The fourth-order valence-corrected chi connectivity index (χ4v) is 4.71. The van der Waals surface area contributed by atoms with Crippen molar-refractivity contribution >= 4 is 33.4 Å². The average molecular weight is 470 g/mol.